The lowest BCUT2D eigenvalue weighted by molar-refractivity contribution is 0.378. The Bertz CT molecular complexity index is 384. The molecule has 4 heteroatoms. The molecular weight excluding hydrogens is 240 g/mol. The van der Waals surface area contributed by atoms with E-state index in [1.165, 1.54) is 25.0 Å². The van der Waals surface area contributed by atoms with Gasteiger partial charge in [-0.1, -0.05) is 12.8 Å². The van der Waals surface area contributed by atoms with Crippen LogP contribution in [0.4, 0.5) is 8.78 Å². The van der Waals surface area contributed by atoms with Crippen molar-refractivity contribution in [1.29, 1.82) is 0 Å². The first-order valence-corrected chi connectivity index (χ1v) is 6.90. The molecule has 94 valence electrons. The molecule has 1 nitrogen and oxygen atoms in total. The van der Waals surface area contributed by atoms with Crippen LogP contribution in [-0.2, 0) is 0 Å². The van der Waals surface area contributed by atoms with E-state index in [0.29, 0.717) is 17.7 Å². The van der Waals surface area contributed by atoms with Crippen molar-refractivity contribution < 1.29 is 8.78 Å². The van der Waals surface area contributed by atoms with Gasteiger partial charge in [-0.3, -0.25) is 0 Å². The molecule has 17 heavy (non-hydrogen) atoms. The molecule has 1 fully saturated rings. The van der Waals surface area contributed by atoms with Gasteiger partial charge in [-0.05, 0) is 43.5 Å². The highest BCUT2D eigenvalue weighted by Gasteiger charge is 2.24. The van der Waals surface area contributed by atoms with Crippen molar-refractivity contribution >= 4 is 11.8 Å². The summed E-state index contributed by atoms with van der Waals surface area (Å²) in [5, 5.41) is 0.443. The third-order valence-corrected chi connectivity index (χ3v) is 4.77. The third kappa shape index (κ3) is 3.19. The summed E-state index contributed by atoms with van der Waals surface area (Å²) in [5.41, 5.74) is 5.75. The molecule has 0 radical (unpaired) electrons. The first kappa shape index (κ1) is 12.8. The van der Waals surface area contributed by atoms with Gasteiger partial charge < -0.3 is 5.73 Å². The molecule has 2 N–H and O–H groups in total. The van der Waals surface area contributed by atoms with E-state index in [0.717, 1.165) is 17.7 Å². The molecule has 0 bridgehead atoms. The molecule has 2 unspecified atom stereocenters. The van der Waals surface area contributed by atoms with E-state index < -0.39 is 11.6 Å². The fourth-order valence-electron chi connectivity index (χ4n) is 2.32. The molecule has 1 saturated carbocycles. The van der Waals surface area contributed by atoms with Crippen LogP contribution >= 0.6 is 11.8 Å². The van der Waals surface area contributed by atoms with Gasteiger partial charge in [-0.25, -0.2) is 8.78 Å². The van der Waals surface area contributed by atoms with Gasteiger partial charge in [0.05, 0.1) is 0 Å². The first-order valence-electron chi connectivity index (χ1n) is 6.02. The molecule has 0 spiro atoms. The zero-order chi connectivity index (χ0) is 12.3. The third-order valence-electron chi connectivity index (χ3n) is 3.32. The highest BCUT2D eigenvalue weighted by Crippen LogP contribution is 2.37. The lowest BCUT2D eigenvalue weighted by Gasteiger charge is -2.30. The molecule has 2 atom stereocenters. The normalized spacial score (nSPS) is 24.9. The molecule has 0 aliphatic heterocycles. The van der Waals surface area contributed by atoms with Crippen molar-refractivity contribution in [2.45, 2.75) is 35.8 Å². The monoisotopic (exact) mass is 257 g/mol. The van der Waals surface area contributed by atoms with Crippen LogP contribution in [0.15, 0.2) is 23.1 Å². The molecule has 0 heterocycles. The Balaban J connectivity index is 2.05. The number of rotatable bonds is 3. The summed E-state index contributed by atoms with van der Waals surface area (Å²) >= 11 is 1.63. The number of halogens is 2. The summed E-state index contributed by atoms with van der Waals surface area (Å²) in [7, 11) is 0. The summed E-state index contributed by atoms with van der Waals surface area (Å²) in [6.07, 6.45) is 4.71. The van der Waals surface area contributed by atoms with E-state index in [1.54, 1.807) is 17.8 Å². The average molecular weight is 257 g/mol. The Morgan fingerprint density at radius 3 is 2.65 bits per heavy atom. The Morgan fingerprint density at radius 1 is 1.18 bits per heavy atom. The minimum Gasteiger partial charge on any atom is -0.330 e. The van der Waals surface area contributed by atoms with Crippen LogP contribution in [-0.4, -0.2) is 11.8 Å². The van der Waals surface area contributed by atoms with Gasteiger partial charge >= 0.3 is 0 Å². The van der Waals surface area contributed by atoms with Crippen molar-refractivity contribution in [1.82, 2.24) is 0 Å². The van der Waals surface area contributed by atoms with E-state index in [9.17, 15) is 8.78 Å². The average Bonchev–Trinajstić information content (AvgIpc) is 2.34. The van der Waals surface area contributed by atoms with Gasteiger partial charge in [0, 0.05) is 10.1 Å². The van der Waals surface area contributed by atoms with Gasteiger partial charge in [0.15, 0.2) is 11.6 Å². The minimum atomic E-state index is -0.784. The summed E-state index contributed by atoms with van der Waals surface area (Å²) in [6.45, 7) is 0.682. The topological polar surface area (TPSA) is 26.0 Å². The Labute approximate surface area is 105 Å². The van der Waals surface area contributed by atoms with Gasteiger partial charge in [0.1, 0.15) is 0 Å². The zero-order valence-electron chi connectivity index (χ0n) is 9.66. The smallest absolute Gasteiger partial charge is 0.159 e. The molecule has 0 saturated heterocycles. The molecule has 0 amide bonds. The molecule has 1 aromatic rings. The van der Waals surface area contributed by atoms with Crippen molar-refractivity contribution in [3.05, 3.63) is 29.8 Å². The quantitative estimate of drug-likeness (QED) is 0.895. The molecule has 1 aliphatic carbocycles. The van der Waals surface area contributed by atoms with Crippen LogP contribution in [0.3, 0.4) is 0 Å². The van der Waals surface area contributed by atoms with Gasteiger partial charge in [-0.15, -0.1) is 11.8 Å². The van der Waals surface area contributed by atoms with E-state index >= 15 is 0 Å². The minimum absolute atomic E-state index is 0.443. The van der Waals surface area contributed by atoms with E-state index in [-0.39, 0.29) is 0 Å². The number of thioether (sulfide) groups is 1. The Kier molecular flexibility index (Phi) is 4.40. The molecule has 2 rings (SSSR count). The molecule has 1 aromatic carbocycles. The predicted octanol–water partition coefficient (Wildman–Crippen LogP) is 3.57. The lowest BCUT2D eigenvalue weighted by Crippen LogP contribution is -2.28. The summed E-state index contributed by atoms with van der Waals surface area (Å²) < 4.78 is 25.9. The van der Waals surface area contributed by atoms with Crippen molar-refractivity contribution in [2.24, 2.45) is 11.7 Å². The first-order chi connectivity index (χ1) is 8.20. The van der Waals surface area contributed by atoms with E-state index in [4.69, 9.17) is 5.73 Å². The second-order valence-corrected chi connectivity index (χ2v) is 5.83. The van der Waals surface area contributed by atoms with Gasteiger partial charge in [0.2, 0.25) is 0 Å². The number of benzene rings is 1. The SMILES string of the molecule is NCC1CCCCC1Sc1ccc(F)c(F)c1. The fourth-order valence-corrected chi connectivity index (χ4v) is 3.72. The van der Waals surface area contributed by atoms with E-state index in [2.05, 4.69) is 0 Å². The zero-order valence-corrected chi connectivity index (χ0v) is 10.5. The maximum Gasteiger partial charge on any atom is 0.159 e. The highest BCUT2D eigenvalue weighted by molar-refractivity contribution is 8.00. The standard InChI is InChI=1S/C13H17F2NS/c14-11-6-5-10(7-12(11)15)17-13-4-2-1-3-9(13)8-16/h5-7,9,13H,1-4,8,16H2. The maximum atomic E-state index is 13.1. The van der Waals surface area contributed by atoms with Crippen molar-refractivity contribution in [2.75, 3.05) is 6.54 Å². The van der Waals surface area contributed by atoms with Crippen LogP contribution in [0.25, 0.3) is 0 Å². The largest absolute Gasteiger partial charge is 0.330 e. The van der Waals surface area contributed by atoms with Crippen molar-refractivity contribution in [3.8, 4) is 0 Å². The van der Waals surface area contributed by atoms with Crippen LogP contribution < -0.4 is 5.73 Å². The predicted molar refractivity (Wildman–Crippen MR) is 67.0 cm³/mol. The van der Waals surface area contributed by atoms with Gasteiger partial charge in [0.25, 0.3) is 0 Å². The van der Waals surface area contributed by atoms with Gasteiger partial charge in [-0.2, -0.15) is 0 Å². The summed E-state index contributed by atoms with van der Waals surface area (Å²) in [5.74, 6) is -1.05. The number of hydrogen-bond acceptors (Lipinski definition) is 2. The number of hydrogen-bond donors (Lipinski definition) is 1. The van der Waals surface area contributed by atoms with Crippen LogP contribution in [0.5, 0.6) is 0 Å². The fraction of sp³-hybridized carbons (Fsp3) is 0.538. The molecule has 1 aliphatic rings. The molecule has 0 aromatic heterocycles. The molecular formula is C13H17F2NS. The van der Waals surface area contributed by atoms with Crippen LogP contribution in [0.1, 0.15) is 25.7 Å². The summed E-state index contributed by atoms with van der Waals surface area (Å²) in [4.78, 5) is 0.800. The summed E-state index contributed by atoms with van der Waals surface area (Å²) in [6, 6.07) is 4.12. The Hall–Kier alpha value is -0.610. The number of nitrogens with two attached hydrogens (primary N) is 1. The van der Waals surface area contributed by atoms with Crippen LogP contribution in [0.2, 0.25) is 0 Å². The van der Waals surface area contributed by atoms with Crippen molar-refractivity contribution in [3.63, 3.8) is 0 Å². The lowest BCUT2D eigenvalue weighted by atomic mass is 9.89. The second kappa shape index (κ2) is 5.83. The Morgan fingerprint density at radius 2 is 1.94 bits per heavy atom. The maximum absolute atomic E-state index is 13.1. The second-order valence-electron chi connectivity index (χ2n) is 4.51. The van der Waals surface area contributed by atoms with E-state index in [1.807, 2.05) is 0 Å². The highest BCUT2D eigenvalue weighted by atomic mass is 32.2. The van der Waals surface area contributed by atoms with Crippen LogP contribution in [0, 0.1) is 17.6 Å².